The van der Waals surface area contributed by atoms with Crippen LogP contribution in [0.5, 0.6) is 0 Å². The molecule has 0 amide bonds. The Morgan fingerprint density at radius 2 is 2.04 bits per heavy atom. The number of hydrogen-bond donors (Lipinski definition) is 1. The Balaban J connectivity index is 2.01. The summed E-state index contributed by atoms with van der Waals surface area (Å²) in [6.07, 6.45) is -3.25. The van der Waals surface area contributed by atoms with Crippen molar-refractivity contribution in [3.8, 4) is 0 Å². The molecule has 1 N–H and O–H groups in total. The highest BCUT2D eigenvalue weighted by atomic mass is 19.4. The molecule has 0 spiro atoms. The van der Waals surface area contributed by atoms with Crippen molar-refractivity contribution in [2.45, 2.75) is 26.1 Å². The quantitative estimate of drug-likeness (QED) is 0.659. The molecular formula is C17H24F3N3O. The number of halogens is 3. The van der Waals surface area contributed by atoms with Gasteiger partial charge in [0.25, 0.3) is 0 Å². The molecule has 0 radical (unpaired) electrons. The molecule has 0 aromatic heterocycles. The number of rotatable bonds is 5. The van der Waals surface area contributed by atoms with E-state index >= 15 is 0 Å². The maximum Gasteiger partial charge on any atom is 0.416 e. The van der Waals surface area contributed by atoms with E-state index in [4.69, 9.17) is 4.74 Å². The van der Waals surface area contributed by atoms with Crippen molar-refractivity contribution in [2.24, 2.45) is 10.9 Å². The number of likely N-dealkylation sites (tertiary alicyclic amines) is 1. The predicted octanol–water partition coefficient (Wildman–Crippen LogP) is 3.14. The first-order chi connectivity index (χ1) is 11.4. The van der Waals surface area contributed by atoms with Gasteiger partial charge >= 0.3 is 6.18 Å². The van der Waals surface area contributed by atoms with Crippen LogP contribution in [-0.4, -0.2) is 44.2 Å². The van der Waals surface area contributed by atoms with Crippen LogP contribution in [0.25, 0.3) is 0 Å². The summed E-state index contributed by atoms with van der Waals surface area (Å²) in [5.74, 6) is 1.29. The van der Waals surface area contributed by atoms with E-state index in [1.807, 2.05) is 6.92 Å². The lowest BCUT2D eigenvalue weighted by Crippen LogP contribution is -2.40. The van der Waals surface area contributed by atoms with E-state index in [-0.39, 0.29) is 0 Å². The molecule has 0 bridgehead atoms. The Morgan fingerprint density at radius 1 is 1.33 bits per heavy atom. The molecule has 1 saturated heterocycles. The Hall–Kier alpha value is -1.76. The van der Waals surface area contributed by atoms with E-state index in [9.17, 15) is 13.2 Å². The van der Waals surface area contributed by atoms with Gasteiger partial charge in [-0.15, -0.1) is 0 Å². The highest BCUT2D eigenvalue weighted by Gasteiger charge is 2.30. The molecule has 7 heteroatoms. The fourth-order valence-electron chi connectivity index (χ4n) is 2.79. The lowest BCUT2D eigenvalue weighted by molar-refractivity contribution is -0.137. The summed E-state index contributed by atoms with van der Waals surface area (Å²) in [4.78, 5) is 6.74. The number of hydrogen-bond acceptors (Lipinski definition) is 2. The van der Waals surface area contributed by atoms with Crippen molar-refractivity contribution >= 4 is 5.96 Å². The van der Waals surface area contributed by atoms with E-state index in [1.54, 1.807) is 7.11 Å². The number of ether oxygens (including phenoxy) is 1. The van der Waals surface area contributed by atoms with E-state index in [0.717, 1.165) is 56.3 Å². The Bertz CT molecular complexity index is 543. The van der Waals surface area contributed by atoms with E-state index in [2.05, 4.69) is 15.2 Å². The van der Waals surface area contributed by atoms with E-state index in [0.29, 0.717) is 12.5 Å². The Kier molecular flexibility index (Phi) is 6.48. The van der Waals surface area contributed by atoms with Crippen LogP contribution in [-0.2, 0) is 17.5 Å². The van der Waals surface area contributed by atoms with Crippen molar-refractivity contribution in [1.29, 1.82) is 0 Å². The maximum absolute atomic E-state index is 12.6. The second-order valence-corrected chi connectivity index (χ2v) is 5.92. The summed E-state index contributed by atoms with van der Waals surface area (Å²) in [5.41, 5.74) is 0.120. The molecule has 1 aliphatic heterocycles. The molecule has 4 nitrogen and oxygen atoms in total. The highest BCUT2D eigenvalue weighted by Crippen LogP contribution is 2.29. The van der Waals surface area contributed by atoms with Crippen LogP contribution in [0.3, 0.4) is 0 Å². The molecule has 1 aromatic rings. The number of alkyl halides is 3. The van der Waals surface area contributed by atoms with Gasteiger partial charge in [0, 0.05) is 32.7 Å². The standard InChI is InChI=1S/C17H24F3N3O/c1-3-21-16(23-9-8-14(11-23)12-24-2)22-10-13-4-6-15(7-5-13)17(18,19)20/h4-7,14H,3,8-12H2,1-2H3,(H,21,22). The normalized spacial score (nSPS) is 19.0. The van der Waals surface area contributed by atoms with Gasteiger partial charge in [0.2, 0.25) is 0 Å². The number of nitrogens with one attached hydrogen (secondary N) is 1. The third-order valence-electron chi connectivity index (χ3n) is 4.02. The fraction of sp³-hybridized carbons (Fsp3) is 0.588. The summed E-state index contributed by atoms with van der Waals surface area (Å²) >= 11 is 0. The third kappa shape index (κ3) is 5.12. The number of aliphatic imine (C=N–C) groups is 1. The second kappa shape index (κ2) is 8.37. The zero-order chi connectivity index (χ0) is 17.6. The first kappa shape index (κ1) is 18.6. The summed E-state index contributed by atoms with van der Waals surface area (Å²) in [6.45, 7) is 5.62. The molecule has 1 unspecified atom stereocenters. The lowest BCUT2D eigenvalue weighted by Gasteiger charge is -2.21. The minimum Gasteiger partial charge on any atom is -0.384 e. The smallest absolute Gasteiger partial charge is 0.384 e. The molecule has 1 atom stereocenters. The molecular weight excluding hydrogens is 319 g/mol. The van der Waals surface area contributed by atoms with Gasteiger partial charge < -0.3 is 15.0 Å². The van der Waals surface area contributed by atoms with E-state index in [1.165, 1.54) is 12.1 Å². The van der Waals surface area contributed by atoms with Crippen LogP contribution in [0, 0.1) is 5.92 Å². The zero-order valence-corrected chi connectivity index (χ0v) is 14.1. The summed E-state index contributed by atoms with van der Waals surface area (Å²) < 4.78 is 43.0. The molecule has 1 fully saturated rings. The van der Waals surface area contributed by atoms with Crippen molar-refractivity contribution in [2.75, 3.05) is 33.4 Å². The zero-order valence-electron chi connectivity index (χ0n) is 14.1. The average Bonchev–Trinajstić information content (AvgIpc) is 3.00. The molecule has 0 aliphatic carbocycles. The lowest BCUT2D eigenvalue weighted by atomic mass is 10.1. The minimum atomic E-state index is -4.30. The summed E-state index contributed by atoms with van der Waals surface area (Å²) in [6, 6.07) is 5.16. The third-order valence-corrected chi connectivity index (χ3v) is 4.02. The number of methoxy groups -OCH3 is 1. The van der Waals surface area contributed by atoms with Crippen molar-refractivity contribution < 1.29 is 17.9 Å². The molecule has 0 saturated carbocycles. The Morgan fingerprint density at radius 3 is 2.62 bits per heavy atom. The maximum atomic E-state index is 12.6. The predicted molar refractivity (Wildman–Crippen MR) is 87.8 cm³/mol. The Labute approximate surface area is 140 Å². The molecule has 24 heavy (non-hydrogen) atoms. The SMILES string of the molecule is CCNC(=NCc1ccc(C(F)(F)F)cc1)N1CCC(COC)C1. The summed E-state index contributed by atoms with van der Waals surface area (Å²) in [5, 5.41) is 3.25. The van der Waals surface area contributed by atoms with Crippen molar-refractivity contribution in [3.63, 3.8) is 0 Å². The van der Waals surface area contributed by atoms with E-state index < -0.39 is 11.7 Å². The molecule has 1 aromatic carbocycles. The van der Waals surface area contributed by atoms with Gasteiger partial charge in [0.15, 0.2) is 5.96 Å². The highest BCUT2D eigenvalue weighted by molar-refractivity contribution is 5.80. The van der Waals surface area contributed by atoms with Crippen LogP contribution in [0.15, 0.2) is 29.3 Å². The van der Waals surface area contributed by atoms with Crippen molar-refractivity contribution in [3.05, 3.63) is 35.4 Å². The number of benzene rings is 1. The monoisotopic (exact) mass is 343 g/mol. The van der Waals surface area contributed by atoms with Gasteiger partial charge in [-0.25, -0.2) is 4.99 Å². The summed E-state index contributed by atoms with van der Waals surface area (Å²) in [7, 11) is 1.70. The molecule has 1 aliphatic rings. The van der Waals surface area contributed by atoms with Crippen LogP contribution < -0.4 is 5.32 Å². The number of nitrogens with zero attached hydrogens (tertiary/aromatic N) is 2. The number of guanidine groups is 1. The van der Waals surface area contributed by atoms with Crippen LogP contribution in [0.1, 0.15) is 24.5 Å². The first-order valence-corrected chi connectivity index (χ1v) is 8.12. The van der Waals surface area contributed by atoms with Crippen LogP contribution >= 0.6 is 0 Å². The molecule has 2 rings (SSSR count). The fourth-order valence-corrected chi connectivity index (χ4v) is 2.79. The van der Waals surface area contributed by atoms with Gasteiger partial charge in [-0.3, -0.25) is 0 Å². The average molecular weight is 343 g/mol. The molecule has 1 heterocycles. The van der Waals surface area contributed by atoms with Crippen LogP contribution in [0.2, 0.25) is 0 Å². The largest absolute Gasteiger partial charge is 0.416 e. The second-order valence-electron chi connectivity index (χ2n) is 5.92. The van der Waals surface area contributed by atoms with Crippen molar-refractivity contribution in [1.82, 2.24) is 10.2 Å². The first-order valence-electron chi connectivity index (χ1n) is 8.12. The van der Waals surface area contributed by atoms with Gasteiger partial charge in [-0.05, 0) is 31.0 Å². The topological polar surface area (TPSA) is 36.9 Å². The van der Waals surface area contributed by atoms with Gasteiger partial charge in [0.05, 0.1) is 18.7 Å². The van der Waals surface area contributed by atoms with Gasteiger partial charge in [-0.2, -0.15) is 13.2 Å². The van der Waals surface area contributed by atoms with Gasteiger partial charge in [-0.1, -0.05) is 12.1 Å². The van der Waals surface area contributed by atoms with Gasteiger partial charge in [0.1, 0.15) is 0 Å². The van der Waals surface area contributed by atoms with Crippen LogP contribution in [0.4, 0.5) is 13.2 Å². The minimum absolute atomic E-state index is 0.353. The molecule has 134 valence electrons.